The number of hydrogen-bond donors (Lipinski definition) is 2. The second-order valence-corrected chi connectivity index (χ2v) is 4.05. The molecular weight excluding hydrogens is 248 g/mol. The molecule has 1 heterocycles. The van der Waals surface area contributed by atoms with Crippen molar-refractivity contribution >= 4 is 33.9 Å². The van der Waals surface area contributed by atoms with Crippen molar-refractivity contribution in [3.8, 4) is 5.88 Å². The van der Waals surface area contributed by atoms with Crippen LogP contribution in [0.25, 0.3) is 10.9 Å². The van der Waals surface area contributed by atoms with Crippen molar-refractivity contribution in [3.05, 3.63) is 36.9 Å². The molecular formula is C12H12N4OS. The number of benzene rings is 1. The predicted molar refractivity (Wildman–Crippen MR) is 75.1 cm³/mol. The Morgan fingerprint density at radius 1 is 1.50 bits per heavy atom. The third-order valence-electron chi connectivity index (χ3n) is 2.48. The van der Waals surface area contributed by atoms with Crippen molar-refractivity contribution in [3.63, 3.8) is 0 Å². The second-order valence-electron chi connectivity index (χ2n) is 3.63. The SMILES string of the molecule is C=CCn1c(O)c(N=NC(N)=S)c2ccccc21. The van der Waals surface area contributed by atoms with Crippen molar-refractivity contribution < 1.29 is 5.11 Å². The fourth-order valence-electron chi connectivity index (χ4n) is 1.78. The van der Waals surface area contributed by atoms with Gasteiger partial charge in [-0.05, 0) is 18.3 Å². The molecule has 0 radical (unpaired) electrons. The average molecular weight is 260 g/mol. The predicted octanol–water partition coefficient (Wildman–Crippen LogP) is 2.86. The second kappa shape index (κ2) is 4.97. The Morgan fingerprint density at radius 3 is 2.89 bits per heavy atom. The van der Waals surface area contributed by atoms with Gasteiger partial charge >= 0.3 is 0 Å². The number of fused-ring (bicyclic) bond motifs is 1. The summed E-state index contributed by atoms with van der Waals surface area (Å²) in [7, 11) is 0. The highest BCUT2D eigenvalue weighted by atomic mass is 32.1. The Bertz CT molecular complexity index is 645. The van der Waals surface area contributed by atoms with E-state index in [9.17, 15) is 5.11 Å². The molecule has 6 heteroatoms. The quantitative estimate of drug-likeness (QED) is 0.506. The Kier molecular flexibility index (Phi) is 3.38. The number of thiocarbonyl (C=S) groups is 1. The third-order valence-corrected chi connectivity index (χ3v) is 2.56. The molecule has 0 aliphatic rings. The number of nitrogens with zero attached hydrogens (tertiary/aromatic N) is 3. The summed E-state index contributed by atoms with van der Waals surface area (Å²) in [5.74, 6) is 0.0242. The van der Waals surface area contributed by atoms with E-state index in [1.165, 1.54) is 0 Å². The minimum Gasteiger partial charge on any atom is -0.493 e. The number of aromatic nitrogens is 1. The lowest BCUT2D eigenvalue weighted by Crippen LogP contribution is -2.01. The Balaban J connectivity index is 2.68. The summed E-state index contributed by atoms with van der Waals surface area (Å²) >= 11 is 4.63. The lowest BCUT2D eigenvalue weighted by atomic mass is 10.2. The summed E-state index contributed by atoms with van der Waals surface area (Å²) < 4.78 is 1.69. The largest absolute Gasteiger partial charge is 0.493 e. The van der Waals surface area contributed by atoms with Crippen LogP contribution in [-0.4, -0.2) is 14.8 Å². The van der Waals surface area contributed by atoms with Gasteiger partial charge in [0, 0.05) is 11.9 Å². The number of aromatic hydroxyl groups is 1. The van der Waals surface area contributed by atoms with Crippen molar-refractivity contribution in [1.82, 2.24) is 4.57 Å². The standard InChI is InChI=1S/C12H12N4OS/c1-2-7-16-9-6-4-3-5-8(9)10(11(16)17)14-15-12(13)18/h2-6,17H,1,7H2,(H2,13,18). The molecule has 0 fully saturated rings. The Labute approximate surface area is 109 Å². The van der Waals surface area contributed by atoms with Gasteiger partial charge in [0.15, 0.2) is 5.69 Å². The van der Waals surface area contributed by atoms with E-state index >= 15 is 0 Å². The molecule has 0 bridgehead atoms. The normalized spacial score (nSPS) is 11.1. The Morgan fingerprint density at radius 2 is 2.22 bits per heavy atom. The molecule has 1 aromatic heterocycles. The first-order chi connectivity index (χ1) is 8.65. The van der Waals surface area contributed by atoms with Crippen LogP contribution >= 0.6 is 12.2 Å². The molecule has 0 unspecified atom stereocenters. The van der Waals surface area contributed by atoms with E-state index in [4.69, 9.17) is 5.73 Å². The van der Waals surface area contributed by atoms with E-state index in [0.29, 0.717) is 12.2 Å². The zero-order valence-corrected chi connectivity index (χ0v) is 10.4. The number of hydrogen-bond acceptors (Lipinski definition) is 3. The van der Waals surface area contributed by atoms with Gasteiger partial charge in [-0.3, -0.25) is 0 Å². The van der Waals surface area contributed by atoms with Gasteiger partial charge < -0.3 is 15.4 Å². The zero-order chi connectivity index (χ0) is 13.1. The van der Waals surface area contributed by atoms with Gasteiger partial charge in [-0.1, -0.05) is 24.3 Å². The first-order valence-electron chi connectivity index (χ1n) is 5.27. The number of allylic oxidation sites excluding steroid dienone is 1. The summed E-state index contributed by atoms with van der Waals surface area (Å²) in [5, 5.41) is 18.4. The van der Waals surface area contributed by atoms with Gasteiger partial charge in [0.05, 0.1) is 5.52 Å². The summed E-state index contributed by atoms with van der Waals surface area (Å²) in [4.78, 5) is 0. The van der Waals surface area contributed by atoms with Gasteiger partial charge in [-0.2, -0.15) is 0 Å². The minimum absolute atomic E-state index is 0.0242. The van der Waals surface area contributed by atoms with E-state index in [-0.39, 0.29) is 11.0 Å². The first kappa shape index (κ1) is 12.3. The van der Waals surface area contributed by atoms with Crippen LogP contribution in [0.15, 0.2) is 47.1 Å². The highest BCUT2D eigenvalue weighted by molar-refractivity contribution is 7.80. The van der Waals surface area contributed by atoms with Crippen molar-refractivity contribution in [2.75, 3.05) is 0 Å². The van der Waals surface area contributed by atoms with E-state index in [2.05, 4.69) is 29.0 Å². The first-order valence-corrected chi connectivity index (χ1v) is 5.68. The molecule has 0 spiro atoms. The highest BCUT2D eigenvalue weighted by Crippen LogP contribution is 2.38. The van der Waals surface area contributed by atoms with Gasteiger partial charge in [0.2, 0.25) is 11.0 Å². The van der Waals surface area contributed by atoms with Crippen molar-refractivity contribution in [1.29, 1.82) is 0 Å². The van der Waals surface area contributed by atoms with Crippen LogP contribution in [0.4, 0.5) is 5.69 Å². The number of nitrogens with two attached hydrogens (primary N) is 1. The molecule has 1 aromatic carbocycles. The van der Waals surface area contributed by atoms with Crippen LogP contribution in [0.1, 0.15) is 0 Å². The highest BCUT2D eigenvalue weighted by Gasteiger charge is 2.15. The maximum absolute atomic E-state index is 10.1. The van der Waals surface area contributed by atoms with Crippen LogP contribution < -0.4 is 5.73 Å². The van der Waals surface area contributed by atoms with E-state index in [0.717, 1.165) is 10.9 Å². The molecule has 0 amide bonds. The lowest BCUT2D eigenvalue weighted by molar-refractivity contribution is 0.431. The molecule has 0 atom stereocenters. The zero-order valence-electron chi connectivity index (χ0n) is 9.58. The van der Waals surface area contributed by atoms with Crippen LogP contribution in [0, 0.1) is 0 Å². The molecule has 18 heavy (non-hydrogen) atoms. The number of azo groups is 1. The van der Waals surface area contributed by atoms with E-state index in [1.807, 2.05) is 24.3 Å². The monoisotopic (exact) mass is 260 g/mol. The summed E-state index contributed by atoms with van der Waals surface area (Å²) in [6, 6.07) is 7.48. The molecule has 92 valence electrons. The van der Waals surface area contributed by atoms with Gasteiger partial charge in [-0.25, -0.2) is 0 Å². The average Bonchev–Trinajstić information content (AvgIpc) is 2.61. The molecule has 0 saturated heterocycles. The van der Waals surface area contributed by atoms with Crippen LogP contribution in [0.2, 0.25) is 0 Å². The summed E-state index contributed by atoms with van der Waals surface area (Å²) in [6.07, 6.45) is 1.70. The van der Waals surface area contributed by atoms with Gasteiger partial charge in [0.1, 0.15) is 0 Å². The minimum atomic E-state index is -0.0741. The molecule has 5 nitrogen and oxygen atoms in total. The number of para-hydroxylation sites is 1. The van der Waals surface area contributed by atoms with Gasteiger partial charge in [0.25, 0.3) is 0 Å². The molecule has 0 aliphatic heterocycles. The fraction of sp³-hybridized carbons (Fsp3) is 0.0833. The third kappa shape index (κ3) is 2.10. The molecule has 2 rings (SSSR count). The molecule has 2 aromatic rings. The topological polar surface area (TPSA) is 75.9 Å². The van der Waals surface area contributed by atoms with Crippen LogP contribution in [0.5, 0.6) is 5.88 Å². The maximum atomic E-state index is 10.1. The lowest BCUT2D eigenvalue weighted by Gasteiger charge is -2.01. The molecule has 3 N–H and O–H groups in total. The van der Waals surface area contributed by atoms with Crippen LogP contribution in [0.3, 0.4) is 0 Å². The summed E-state index contributed by atoms with van der Waals surface area (Å²) in [5.41, 5.74) is 6.48. The number of rotatable bonds is 3. The van der Waals surface area contributed by atoms with Crippen LogP contribution in [-0.2, 0) is 6.54 Å². The van der Waals surface area contributed by atoms with E-state index < -0.39 is 0 Å². The van der Waals surface area contributed by atoms with Crippen molar-refractivity contribution in [2.24, 2.45) is 16.0 Å². The fourth-order valence-corrected chi connectivity index (χ4v) is 1.82. The molecule has 0 aliphatic carbocycles. The maximum Gasteiger partial charge on any atom is 0.221 e. The van der Waals surface area contributed by atoms with E-state index in [1.54, 1.807) is 10.6 Å². The Hall–Kier alpha value is -2.21. The van der Waals surface area contributed by atoms with Crippen molar-refractivity contribution in [2.45, 2.75) is 6.54 Å². The van der Waals surface area contributed by atoms with Gasteiger partial charge in [-0.15, -0.1) is 16.8 Å². The summed E-state index contributed by atoms with van der Waals surface area (Å²) in [6.45, 7) is 4.14. The molecule has 0 saturated carbocycles. The smallest absolute Gasteiger partial charge is 0.221 e.